The lowest BCUT2D eigenvalue weighted by Gasteiger charge is -2.18. The van der Waals surface area contributed by atoms with Gasteiger partial charge in [-0.15, -0.1) is 0 Å². The van der Waals surface area contributed by atoms with Gasteiger partial charge in [-0.1, -0.05) is 0 Å². The Morgan fingerprint density at radius 3 is 1.92 bits per heavy atom. The number of hydrogen-bond donors (Lipinski definition) is 2. The lowest BCUT2D eigenvalue weighted by molar-refractivity contribution is -0.283. The summed E-state index contributed by atoms with van der Waals surface area (Å²) in [6.07, 6.45) is -6.85. The Kier molecular flexibility index (Phi) is 4.15. The Labute approximate surface area is 70.1 Å². The van der Waals surface area contributed by atoms with Gasteiger partial charge in [-0.3, -0.25) is 0 Å². The van der Waals surface area contributed by atoms with E-state index in [4.69, 9.17) is 11.8 Å². The first-order valence-corrected chi connectivity index (χ1v) is 3.22. The fraction of sp³-hybridized carbons (Fsp3) is 1.00. The molecular weight excluding hydrogens is 207 g/mol. The van der Waals surface area contributed by atoms with E-state index in [9.17, 15) is 22.0 Å². The van der Waals surface area contributed by atoms with Crippen molar-refractivity contribution in [3.63, 3.8) is 0 Å². The molecule has 0 aliphatic heterocycles. The molecule has 0 bridgehead atoms. The number of alkyl halides is 5. The number of hydrogen-bond acceptors (Lipinski definition) is 2. The zero-order valence-corrected chi connectivity index (χ0v) is 6.44. The van der Waals surface area contributed by atoms with Crippen LogP contribution in [0.5, 0.6) is 0 Å². The van der Waals surface area contributed by atoms with Crippen molar-refractivity contribution in [2.75, 3.05) is 6.54 Å². The highest BCUT2D eigenvalue weighted by molar-refractivity contribution is 6.13. The summed E-state index contributed by atoms with van der Waals surface area (Å²) in [6.45, 7) is -0.573. The molecule has 0 amide bonds. The summed E-state index contributed by atoms with van der Waals surface area (Å²) in [5.41, 5.74) is 1.91. The summed E-state index contributed by atoms with van der Waals surface area (Å²) < 4.78 is 58.3. The van der Waals surface area contributed by atoms with Crippen LogP contribution in [0.4, 0.5) is 22.0 Å². The third-order valence-electron chi connectivity index (χ3n) is 1.05. The van der Waals surface area contributed by atoms with E-state index in [0.717, 1.165) is 0 Å². The van der Waals surface area contributed by atoms with Crippen LogP contribution in [0.15, 0.2) is 0 Å². The van der Waals surface area contributed by atoms with Crippen molar-refractivity contribution in [1.29, 1.82) is 0 Å². The summed E-state index contributed by atoms with van der Waals surface area (Å²) in [4.78, 5) is 1.71. The van der Waals surface area contributed by atoms with Gasteiger partial charge in [0.2, 0.25) is 0 Å². The van der Waals surface area contributed by atoms with Gasteiger partial charge < -0.3 is 0 Å². The molecule has 0 saturated carbocycles. The zero-order valence-electron chi connectivity index (χ0n) is 5.68. The fourth-order valence-corrected chi connectivity index (χ4v) is 0.503. The van der Waals surface area contributed by atoms with Crippen LogP contribution in [-0.2, 0) is 0 Å². The molecule has 0 spiro atoms. The zero-order chi connectivity index (χ0) is 9.83. The van der Waals surface area contributed by atoms with Gasteiger partial charge in [0.15, 0.2) is 0 Å². The van der Waals surface area contributed by atoms with Crippen LogP contribution in [0, 0.1) is 0 Å². The van der Waals surface area contributed by atoms with E-state index in [2.05, 4.69) is 0 Å². The number of hydrazine groups is 1. The molecule has 12 heavy (non-hydrogen) atoms. The summed E-state index contributed by atoms with van der Waals surface area (Å²) in [6, 6.07) is 0. The third-order valence-corrected chi connectivity index (χ3v) is 1.18. The maximum absolute atomic E-state index is 12.0. The van der Waals surface area contributed by atoms with Crippen molar-refractivity contribution in [2.24, 2.45) is 0 Å². The second-order valence-electron chi connectivity index (χ2n) is 1.97. The molecule has 0 fully saturated rings. The van der Waals surface area contributed by atoms with Crippen molar-refractivity contribution < 1.29 is 22.0 Å². The molecule has 0 aliphatic rings. The van der Waals surface area contributed by atoms with Crippen LogP contribution in [0.2, 0.25) is 0 Å². The molecule has 2 nitrogen and oxygen atoms in total. The Hall–Kier alpha value is -0.140. The van der Waals surface area contributed by atoms with Gasteiger partial charge in [0.1, 0.15) is 0 Å². The van der Waals surface area contributed by atoms with Crippen LogP contribution in [0.25, 0.3) is 0 Å². The predicted octanol–water partition coefficient (Wildman–Crippen LogP) is 1.82. The molecule has 0 unspecified atom stereocenters. The topological polar surface area (TPSA) is 24.1 Å². The van der Waals surface area contributed by atoms with Gasteiger partial charge in [0.05, 0.1) is 0 Å². The lowest BCUT2D eigenvalue weighted by Crippen LogP contribution is -2.40. The number of nitrogens with one attached hydrogen (secondary N) is 2. The maximum atomic E-state index is 12.0. The van der Waals surface area contributed by atoms with Crippen molar-refractivity contribution in [3.05, 3.63) is 0 Å². The molecule has 0 radical (unpaired) electrons. The smallest absolute Gasteiger partial charge is 0.243 e. The second kappa shape index (κ2) is 4.20. The largest absolute Gasteiger partial charge is 0.453 e. The first kappa shape index (κ1) is 11.9. The minimum atomic E-state index is -5.50. The summed E-state index contributed by atoms with van der Waals surface area (Å²) >= 11 is 4.76. The van der Waals surface area contributed by atoms with Gasteiger partial charge >= 0.3 is 12.1 Å². The Bertz CT molecular complexity index is 136. The highest BCUT2D eigenvalue weighted by Crippen LogP contribution is 2.37. The van der Waals surface area contributed by atoms with Crippen molar-refractivity contribution in [1.82, 2.24) is 10.4 Å². The van der Waals surface area contributed by atoms with E-state index in [-0.39, 0.29) is 0 Å². The molecule has 0 heterocycles. The fourth-order valence-electron chi connectivity index (χ4n) is 0.408. The van der Waals surface area contributed by atoms with Crippen LogP contribution in [-0.4, -0.2) is 18.6 Å². The molecule has 0 aromatic heterocycles. The molecule has 8 heteroatoms. The standard InChI is InChI=1S/C4H6ClF5N2/c5-12-11-2-1-3(6,7)4(8,9)10/h11-12H,1-2H2. The summed E-state index contributed by atoms with van der Waals surface area (Å²) in [7, 11) is 0. The summed E-state index contributed by atoms with van der Waals surface area (Å²) in [5.74, 6) is -4.67. The van der Waals surface area contributed by atoms with E-state index in [1.165, 1.54) is 0 Å². The third kappa shape index (κ3) is 3.51. The monoisotopic (exact) mass is 212 g/mol. The van der Waals surface area contributed by atoms with Crippen molar-refractivity contribution in [3.8, 4) is 0 Å². The highest BCUT2D eigenvalue weighted by atomic mass is 35.5. The first-order valence-electron chi connectivity index (χ1n) is 2.84. The minimum absolute atomic E-state index is 0.573. The Balaban J connectivity index is 3.88. The molecule has 0 rings (SSSR count). The lowest BCUT2D eigenvalue weighted by atomic mass is 10.2. The Morgan fingerprint density at radius 1 is 1.08 bits per heavy atom. The van der Waals surface area contributed by atoms with E-state index in [0.29, 0.717) is 0 Å². The van der Waals surface area contributed by atoms with E-state index in [1.54, 1.807) is 4.94 Å². The minimum Gasteiger partial charge on any atom is -0.243 e. The van der Waals surface area contributed by atoms with Crippen molar-refractivity contribution >= 4 is 11.8 Å². The summed E-state index contributed by atoms with van der Waals surface area (Å²) in [5, 5.41) is 0. The van der Waals surface area contributed by atoms with Crippen molar-refractivity contribution in [2.45, 2.75) is 18.5 Å². The molecule has 0 aliphatic carbocycles. The van der Waals surface area contributed by atoms with E-state index >= 15 is 0 Å². The van der Waals surface area contributed by atoms with Gasteiger partial charge in [0.25, 0.3) is 0 Å². The molecular formula is C4H6ClF5N2. The SMILES string of the molecule is FC(F)(F)C(F)(F)CCNNCl. The average molecular weight is 213 g/mol. The van der Waals surface area contributed by atoms with Gasteiger partial charge in [-0.25, -0.2) is 5.43 Å². The van der Waals surface area contributed by atoms with Crippen LogP contribution in [0.3, 0.4) is 0 Å². The van der Waals surface area contributed by atoms with E-state index in [1.807, 2.05) is 5.43 Å². The highest BCUT2D eigenvalue weighted by Gasteiger charge is 2.56. The number of rotatable bonds is 4. The van der Waals surface area contributed by atoms with Crippen LogP contribution in [0.1, 0.15) is 6.42 Å². The average Bonchev–Trinajstić information content (AvgIpc) is 1.85. The van der Waals surface area contributed by atoms with Gasteiger partial charge in [-0.05, 0) is 11.8 Å². The van der Waals surface area contributed by atoms with Crippen LogP contribution < -0.4 is 10.4 Å². The molecule has 0 aromatic carbocycles. The molecule has 0 aromatic rings. The quantitative estimate of drug-likeness (QED) is 0.322. The Morgan fingerprint density at radius 2 is 1.58 bits per heavy atom. The predicted molar refractivity (Wildman–Crippen MR) is 32.6 cm³/mol. The van der Waals surface area contributed by atoms with Crippen LogP contribution >= 0.6 is 11.8 Å². The van der Waals surface area contributed by atoms with Gasteiger partial charge in [0, 0.05) is 13.0 Å². The molecule has 2 N–H and O–H groups in total. The normalized spacial score (nSPS) is 13.5. The molecule has 0 atom stereocenters. The number of halogens is 6. The second-order valence-corrected chi connectivity index (χ2v) is 2.16. The molecule has 74 valence electrons. The van der Waals surface area contributed by atoms with Gasteiger partial charge in [-0.2, -0.15) is 26.9 Å². The first-order chi connectivity index (χ1) is 5.31. The molecule has 0 saturated heterocycles. The van der Waals surface area contributed by atoms with E-state index < -0.39 is 25.1 Å². The maximum Gasteiger partial charge on any atom is 0.453 e.